The van der Waals surface area contributed by atoms with Gasteiger partial charge in [0.2, 0.25) is 5.91 Å². The number of aromatic nitrogens is 1. The maximum absolute atomic E-state index is 12.5. The monoisotopic (exact) mass is 264 g/mol. The van der Waals surface area contributed by atoms with Crippen molar-refractivity contribution in [1.82, 2.24) is 10.3 Å². The third-order valence-corrected chi connectivity index (χ3v) is 4.38. The Labute approximate surface area is 116 Å². The molecule has 3 aliphatic rings. The number of allylic oxidation sites excluding steroid dienone is 3. The quantitative estimate of drug-likeness (QED) is 0.742. The zero-order valence-corrected chi connectivity index (χ0v) is 10.7. The smallest absolute Gasteiger partial charge is 0.237 e. The van der Waals surface area contributed by atoms with Gasteiger partial charge in [0, 0.05) is 18.3 Å². The van der Waals surface area contributed by atoms with Gasteiger partial charge < -0.3 is 10.6 Å². The van der Waals surface area contributed by atoms with E-state index in [4.69, 9.17) is 5.26 Å². The molecule has 20 heavy (non-hydrogen) atoms. The molecule has 1 aromatic rings. The highest BCUT2D eigenvalue weighted by Crippen LogP contribution is 2.51. The number of rotatable bonds is 0. The minimum absolute atomic E-state index is 0.0208. The van der Waals surface area contributed by atoms with Crippen LogP contribution in [0.15, 0.2) is 41.2 Å². The predicted molar refractivity (Wildman–Crippen MR) is 72.5 cm³/mol. The summed E-state index contributed by atoms with van der Waals surface area (Å²) >= 11 is 0. The molecule has 0 fully saturated rings. The van der Waals surface area contributed by atoms with Crippen LogP contribution in [0.1, 0.15) is 18.4 Å². The first-order valence-electron chi connectivity index (χ1n) is 6.56. The first-order valence-corrected chi connectivity index (χ1v) is 6.56. The molecule has 0 radical (unpaired) electrons. The van der Waals surface area contributed by atoms with E-state index in [2.05, 4.69) is 21.7 Å². The van der Waals surface area contributed by atoms with E-state index in [1.54, 1.807) is 6.20 Å². The molecule has 0 bridgehead atoms. The van der Waals surface area contributed by atoms with E-state index in [0.29, 0.717) is 30.9 Å². The molecule has 2 N–H and O–H groups in total. The Kier molecular flexibility index (Phi) is 2.08. The van der Waals surface area contributed by atoms with E-state index < -0.39 is 5.41 Å². The standard InChI is InChI=1S/C15H12N4O/c16-7-11-4-9-5-15(6-10(9)8-18-11)12-2-1-3-17-13(12)19-14(15)20/h1-4,18H,5-6,8H2,(H,17,19,20). The average Bonchev–Trinajstić information content (AvgIpc) is 2.98. The number of anilines is 1. The Morgan fingerprint density at radius 3 is 3.15 bits per heavy atom. The van der Waals surface area contributed by atoms with Gasteiger partial charge in [0.25, 0.3) is 0 Å². The van der Waals surface area contributed by atoms with Crippen molar-refractivity contribution in [2.24, 2.45) is 0 Å². The Morgan fingerprint density at radius 1 is 1.40 bits per heavy atom. The Bertz CT molecular complexity index is 740. The molecule has 0 saturated carbocycles. The fraction of sp³-hybridized carbons (Fsp3) is 0.267. The molecule has 5 nitrogen and oxygen atoms in total. The summed E-state index contributed by atoms with van der Waals surface area (Å²) in [7, 11) is 0. The number of pyridine rings is 1. The van der Waals surface area contributed by atoms with Crippen molar-refractivity contribution in [2.45, 2.75) is 18.3 Å². The molecule has 3 heterocycles. The largest absolute Gasteiger partial charge is 0.373 e. The molecular formula is C15H12N4O. The Hall–Kier alpha value is -2.61. The zero-order valence-electron chi connectivity index (χ0n) is 10.7. The molecule has 0 aromatic carbocycles. The normalized spacial score (nSPS) is 26.6. The molecule has 1 unspecified atom stereocenters. The minimum atomic E-state index is -0.530. The van der Waals surface area contributed by atoms with Crippen LogP contribution < -0.4 is 10.6 Å². The van der Waals surface area contributed by atoms with Crippen LogP contribution in [-0.4, -0.2) is 17.4 Å². The molecule has 1 spiro atoms. The number of nitrogens with zero attached hydrogens (tertiary/aromatic N) is 2. The minimum Gasteiger partial charge on any atom is -0.373 e. The highest BCUT2D eigenvalue weighted by atomic mass is 16.2. The number of carbonyl (C=O) groups excluding carboxylic acids is 1. The van der Waals surface area contributed by atoms with Crippen LogP contribution in [0, 0.1) is 11.3 Å². The van der Waals surface area contributed by atoms with Crippen molar-refractivity contribution in [3.63, 3.8) is 0 Å². The fourth-order valence-electron chi connectivity index (χ4n) is 3.41. The van der Waals surface area contributed by atoms with Gasteiger partial charge in [-0.2, -0.15) is 5.26 Å². The van der Waals surface area contributed by atoms with Crippen LogP contribution >= 0.6 is 0 Å². The van der Waals surface area contributed by atoms with Gasteiger partial charge in [0.1, 0.15) is 17.6 Å². The second-order valence-electron chi connectivity index (χ2n) is 5.44. The van der Waals surface area contributed by atoms with Crippen LogP contribution in [-0.2, 0) is 10.2 Å². The van der Waals surface area contributed by atoms with Gasteiger partial charge in [-0.15, -0.1) is 0 Å². The van der Waals surface area contributed by atoms with Gasteiger partial charge >= 0.3 is 0 Å². The first kappa shape index (κ1) is 11.2. The van der Waals surface area contributed by atoms with Crippen LogP contribution in [0.25, 0.3) is 0 Å². The highest BCUT2D eigenvalue weighted by molar-refractivity contribution is 6.06. The van der Waals surface area contributed by atoms with Crippen LogP contribution in [0.4, 0.5) is 5.82 Å². The van der Waals surface area contributed by atoms with E-state index in [0.717, 1.165) is 11.1 Å². The van der Waals surface area contributed by atoms with E-state index in [1.165, 1.54) is 5.57 Å². The summed E-state index contributed by atoms with van der Waals surface area (Å²) < 4.78 is 0. The van der Waals surface area contributed by atoms with Crippen molar-refractivity contribution >= 4 is 11.7 Å². The third-order valence-electron chi connectivity index (χ3n) is 4.38. The second kappa shape index (κ2) is 3.70. The summed E-state index contributed by atoms with van der Waals surface area (Å²) in [4.78, 5) is 16.7. The first-order chi connectivity index (χ1) is 9.73. The number of carbonyl (C=O) groups is 1. The second-order valence-corrected chi connectivity index (χ2v) is 5.44. The van der Waals surface area contributed by atoms with Crippen LogP contribution in [0.3, 0.4) is 0 Å². The summed E-state index contributed by atoms with van der Waals surface area (Å²) in [6.07, 6.45) is 4.92. The summed E-state index contributed by atoms with van der Waals surface area (Å²) in [5.41, 5.74) is 3.36. The maximum atomic E-state index is 12.5. The van der Waals surface area contributed by atoms with Gasteiger partial charge in [-0.05, 0) is 36.1 Å². The van der Waals surface area contributed by atoms with Crippen LogP contribution in [0.5, 0.6) is 0 Å². The Morgan fingerprint density at radius 2 is 2.30 bits per heavy atom. The fourth-order valence-corrected chi connectivity index (χ4v) is 3.41. The van der Waals surface area contributed by atoms with Gasteiger partial charge in [0.05, 0.1) is 5.41 Å². The predicted octanol–water partition coefficient (Wildman–Crippen LogP) is 1.37. The summed E-state index contributed by atoms with van der Waals surface area (Å²) in [6.45, 7) is 0.652. The van der Waals surface area contributed by atoms with Crippen molar-refractivity contribution in [3.05, 3.63) is 46.8 Å². The summed E-state index contributed by atoms with van der Waals surface area (Å²) in [6, 6.07) is 5.97. The lowest BCUT2D eigenvalue weighted by molar-refractivity contribution is -0.120. The number of hydrogen-bond acceptors (Lipinski definition) is 4. The van der Waals surface area contributed by atoms with Gasteiger partial charge in [0.15, 0.2) is 0 Å². The van der Waals surface area contributed by atoms with E-state index >= 15 is 0 Å². The number of fused-ring (bicyclic) bond motifs is 2. The number of nitriles is 1. The molecule has 1 atom stereocenters. The number of dihydropyridines is 1. The molecular weight excluding hydrogens is 252 g/mol. The van der Waals surface area contributed by atoms with Crippen molar-refractivity contribution in [2.75, 3.05) is 11.9 Å². The molecule has 2 aliphatic heterocycles. The van der Waals surface area contributed by atoms with Crippen molar-refractivity contribution < 1.29 is 4.79 Å². The van der Waals surface area contributed by atoms with Crippen molar-refractivity contribution in [1.29, 1.82) is 5.26 Å². The lowest BCUT2D eigenvalue weighted by atomic mass is 9.78. The Balaban J connectivity index is 1.79. The SMILES string of the molecule is N#CC1=CC2=C(CN1)CC1(C2)C(=O)Nc2ncccc21. The summed E-state index contributed by atoms with van der Waals surface area (Å²) in [5, 5.41) is 14.9. The van der Waals surface area contributed by atoms with E-state index in [9.17, 15) is 4.79 Å². The maximum Gasteiger partial charge on any atom is 0.237 e. The molecule has 5 heteroatoms. The summed E-state index contributed by atoms with van der Waals surface area (Å²) in [5.74, 6) is 0.697. The third kappa shape index (κ3) is 1.31. The molecule has 98 valence electrons. The molecule has 4 rings (SSSR count). The number of nitrogens with one attached hydrogen (secondary N) is 2. The van der Waals surface area contributed by atoms with Gasteiger partial charge in [-0.1, -0.05) is 6.07 Å². The van der Waals surface area contributed by atoms with Crippen molar-refractivity contribution in [3.8, 4) is 6.07 Å². The molecule has 1 amide bonds. The number of amides is 1. The van der Waals surface area contributed by atoms with E-state index in [-0.39, 0.29) is 5.91 Å². The van der Waals surface area contributed by atoms with Gasteiger partial charge in [-0.25, -0.2) is 4.98 Å². The molecule has 1 aromatic heterocycles. The molecule has 0 saturated heterocycles. The zero-order chi connectivity index (χ0) is 13.7. The lowest BCUT2D eigenvalue weighted by Gasteiger charge is -2.21. The lowest BCUT2D eigenvalue weighted by Crippen LogP contribution is -2.32. The average molecular weight is 264 g/mol. The topological polar surface area (TPSA) is 77.8 Å². The van der Waals surface area contributed by atoms with E-state index in [1.807, 2.05) is 18.2 Å². The highest BCUT2D eigenvalue weighted by Gasteiger charge is 2.51. The molecule has 1 aliphatic carbocycles. The van der Waals surface area contributed by atoms with Crippen LogP contribution in [0.2, 0.25) is 0 Å². The van der Waals surface area contributed by atoms with Gasteiger partial charge in [-0.3, -0.25) is 4.79 Å². The number of hydrogen-bond donors (Lipinski definition) is 2.